The first-order valence-corrected chi connectivity index (χ1v) is 9.24. The van der Waals surface area contributed by atoms with Crippen LogP contribution in [0.3, 0.4) is 0 Å². The van der Waals surface area contributed by atoms with Crippen LogP contribution in [-0.2, 0) is 0 Å². The van der Waals surface area contributed by atoms with Crippen LogP contribution in [0.15, 0.2) is 56.8 Å². The number of para-hydroxylation sites is 1. The molecule has 3 aromatic rings. The van der Waals surface area contributed by atoms with E-state index in [1.54, 1.807) is 19.4 Å². The molecule has 0 amide bonds. The van der Waals surface area contributed by atoms with Crippen molar-refractivity contribution in [2.24, 2.45) is 5.10 Å². The molecule has 0 bridgehead atoms. The first kappa shape index (κ1) is 18.3. The molecule has 5 nitrogen and oxygen atoms in total. The van der Waals surface area contributed by atoms with E-state index in [0.29, 0.717) is 22.5 Å². The number of fused-ring (bicyclic) bond motifs is 1. The van der Waals surface area contributed by atoms with E-state index >= 15 is 0 Å². The zero-order valence-electron chi connectivity index (χ0n) is 14.9. The van der Waals surface area contributed by atoms with Gasteiger partial charge in [0.1, 0.15) is 11.6 Å². The van der Waals surface area contributed by atoms with Gasteiger partial charge >= 0.3 is 0 Å². The Balaban J connectivity index is 2.21. The number of halogens is 1. The first-order chi connectivity index (χ1) is 12.5. The minimum Gasteiger partial charge on any atom is -0.496 e. The fourth-order valence-electron chi connectivity index (χ4n) is 2.67. The highest BCUT2D eigenvalue weighted by Crippen LogP contribution is 2.21. The molecule has 0 saturated heterocycles. The molecule has 6 heteroatoms. The molecular weight excluding hydrogens is 394 g/mol. The van der Waals surface area contributed by atoms with Crippen molar-refractivity contribution in [3.8, 4) is 5.75 Å². The molecular formula is C20H20BrN3O2. The summed E-state index contributed by atoms with van der Waals surface area (Å²) in [6, 6.07) is 13.1. The molecule has 26 heavy (non-hydrogen) atoms. The summed E-state index contributed by atoms with van der Waals surface area (Å²) in [5.41, 5.74) is 1.29. The molecule has 1 aromatic heterocycles. The van der Waals surface area contributed by atoms with E-state index in [2.05, 4.69) is 28.0 Å². The molecule has 1 heterocycles. The van der Waals surface area contributed by atoms with E-state index in [0.717, 1.165) is 16.5 Å². The molecule has 2 aromatic carbocycles. The summed E-state index contributed by atoms with van der Waals surface area (Å²) >= 11 is 3.42. The Morgan fingerprint density at radius 2 is 2.08 bits per heavy atom. The Morgan fingerprint density at radius 3 is 2.81 bits per heavy atom. The molecule has 0 unspecified atom stereocenters. The maximum atomic E-state index is 13.1. The molecule has 0 N–H and O–H groups in total. The summed E-state index contributed by atoms with van der Waals surface area (Å²) in [7, 11) is 1.61. The molecule has 134 valence electrons. The summed E-state index contributed by atoms with van der Waals surface area (Å²) < 4.78 is 7.58. The Hall–Kier alpha value is -2.47. The van der Waals surface area contributed by atoms with Crippen LogP contribution in [0.2, 0.25) is 0 Å². The number of rotatable bonds is 5. The lowest BCUT2D eigenvalue weighted by molar-refractivity contribution is 0.414. The molecule has 0 spiro atoms. The van der Waals surface area contributed by atoms with E-state index in [4.69, 9.17) is 9.72 Å². The second-order valence-electron chi connectivity index (χ2n) is 6.04. The van der Waals surface area contributed by atoms with Crippen molar-refractivity contribution in [2.75, 3.05) is 7.11 Å². The summed E-state index contributed by atoms with van der Waals surface area (Å²) in [6.07, 6.45) is 2.50. The molecule has 0 fully saturated rings. The summed E-state index contributed by atoms with van der Waals surface area (Å²) in [4.78, 5) is 17.8. The molecule has 0 radical (unpaired) electrons. The lowest BCUT2D eigenvalue weighted by Crippen LogP contribution is -2.23. The van der Waals surface area contributed by atoms with E-state index in [9.17, 15) is 4.79 Å². The third-order valence-electron chi connectivity index (χ3n) is 4.34. The van der Waals surface area contributed by atoms with Gasteiger partial charge in [0.25, 0.3) is 5.56 Å². The highest BCUT2D eigenvalue weighted by molar-refractivity contribution is 9.10. The largest absolute Gasteiger partial charge is 0.496 e. The number of benzene rings is 2. The van der Waals surface area contributed by atoms with Gasteiger partial charge in [-0.15, -0.1) is 0 Å². The first-order valence-electron chi connectivity index (χ1n) is 8.44. The van der Waals surface area contributed by atoms with Gasteiger partial charge in [0.05, 0.1) is 24.2 Å². The SMILES string of the molecule is CC[C@H](C)c1nc2ccc(Br)cc2c(=O)n1N=Cc1ccccc1OC. The Bertz CT molecular complexity index is 1030. The standard InChI is InChI=1S/C20H20BrN3O2/c1-4-13(2)19-23-17-10-9-15(21)11-16(17)20(25)24(19)22-12-14-7-5-6-8-18(14)26-3/h5-13H,4H2,1-3H3/t13-/m0/s1. The van der Waals surface area contributed by atoms with E-state index in [1.807, 2.05) is 43.3 Å². The van der Waals surface area contributed by atoms with Crippen LogP contribution in [0.5, 0.6) is 5.75 Å². The number of aromatic nitrogens is 2. The van der Waals surface area contributed by atoms with E-state index in [-0.39, 0.29) is 11.5 Å². The van der Waals surface area contributed by atoms with E-state index in [1.165, 1.54) is 4.68 Å². The number of methoxy groups -OCH3 is 1. The average Bonchev–Trinajstić information content (AvgIpc) is 2.67. The van der Waals surface area contributed by atoms with Crippen LogP contribution in [0.25, 0.3) is 10.9 Å². The number of ether oxygens (including phenoxy) is 1. The second kappa shape index (κ2) is 7.83. The number of hydrogen-bond donors (Lipinski definition) is 0. The van der Waals surface area contributed by atoms with E-state index < -0.39 is 0 Å². The van der Waals surface area contributed by atoms with Gasteiger partial charge in [-0.2, -0.15) is 9.78 Å². The van der Waals surface area contributed by atoms with Crippen molar-refractivity contribution >= 4 is 33.0 Å². The Morgan fingerprint density at radius 1 is 1.31 bits per heavy atom. The van der Waals surface area contributed by atoms with Crippen molar-refractivity contribution in [2.45, 2.75) is 26.2 Å². The number of nitrogens with zero attached hydrogens (tertiary/aromatic N) is 3. The monoisotopic (exact) mass is 413 g/mol. The van der Waals surface area contributed by atoms with Crippen molar-refractivity contribution in [1.82, 2.24) is 9.66 Å². The zero-order chi connectivity index (χ0) is 18.7. The highest BCUT2D eigenvalue weighted by Gasteiger charge is 2.15. The lowest BCUT2D eigenvalue weighted by atomic mass is 10.1. The number of hydrogen-bond acceptors (Lipinski definition) is 4. The smallest absolute Gasteiger partial charge is 0.282 e. The second-order valence-corrected chi connectivity index (χ2v) is 6.96. The third kappa shape index (κ3) is 3.55. The molecule has 0 aliphatic rings. The highest BCUT2D eigenvalue weighted by atomic mass is 79.9. The van der Waals surface area contributed by atoms with Crippen LogP contribution < -0.4 is 10.3 Å². The predicted molar refractivity (Wildman–Crippen MR) is 108 cm³/mol. The molecule has 0 aliphatic carbocycles. The van der Waals surface area contributed by atoms with Gasteiger partial charge in [-0.1, -0.05) is 41.9 Å². The van der Waals surface area contributed by atoms with Crippen molar-refractivity contribution < 1.29 is 4.74 Å². The third-order valence-corrected chi connectivity index (χ3v) is 4.83. The van der Waals surface area contributed by atoms with Crippen LogP contribution in [0.4, 0.5) is 0 Å². The summed E-state index contributed by atoms with van der Waals surface area (Å²) in [6.45, 7) is 4.11. The van der Waals surface area contributed by atoms with Gasteiger partial charge in [-0.3, -0.25) is 4.79 Å². The summed E-state index contributed by atoms with van der Waals surface area (Å²) in [5, 5.41) is 4.99. The Kier molecular flexibility index (Phi) is 5.52. The molecule has 0 saturated carbocycles. The molecule has 3 rings (SSSR count). The quantitative estimate of drug-likeness (QED) is 0.575. The van der Waals surface area contributed by atoms with Gasteiger partial charge in [0.2, 0.25) is 0 Å². The average molecular weight is 414 g/mol. The Labute approximate surface area is 160 Å². The van der Waals surface area contributed by atoms with Crippen LogP contribution >= 0.6 is 15.9 Å². The van der Waals surface area contributed by atoms with Crippen molar-refractivity contribution in [1.29, 1.82) is 0 Å². The van der Waals surface area contributed by atoms with Crippen molar-refractivity contribution in [3.05, 3.63) is 68.7 Å². The minimum atomic E-state index is -0.183. The molecule has 1 atom stereocenters. The topological polar surface area (TPSA) is 56.5 Å². The van der Waals surface area contributed by atoms with Gasteiger partial charge < -0.3 is 4.74 Å². The maximum absolute atomic E-state index is 13.1. The lowest BCUT2D eigenvalue weighted by Gasteiger charge is -2.14. The fourth-order valence-corrected chi connectivity index (χ4v) is 3.03. The zero-order valence-corrected chi connectivity index (χ0v) is 16.5. The van der Waals surface area contributed by atoms with Crippen LogP contribution in [0.1, 0.15) is 37.6 Å². The van der Waals surface area contributed by atoms with Gasteiger partial charge in [0.15, 0.2) is 0 Å². The van der Waals surface area contributed by atoms with Gasteiger partial charge in [-0.05, 0) is 36.8 Å². The summed E-state index contributed by atoms with van der Waals surface area (Å²) in [5.74, 6) is 1.45. The van der Waals surface area contributed by atoms with Crippen LogP contribution in [0, 0.1) is 0 Å². The predicted octanol–water partition coefficient (Wildman–Crippen LogP) is 4.56. The van der Waals surface area contributed by atoms with Gasteiger partial charge in [-0.25, -0.2) is 4.98 Å². The van der Waals surface area contributed by atoms with Crippen LogP contribution in [-0.4, -0.2) is 23.0 Å². The molecule has 0 aliphatic heterocycles. The normalized spacial score (nSPS) is 12.6. The van der Waals surface area contributed by atoms with Gasteiger partial charge in [0, 0.05) is 16.0 Å². The van der Waals surface area contributed by atoms with Crippen molar-refractivity contribution in [3.63, 3.8) is 0 Å². The maximum Gasteiger partial charge on any atom is 0.282 e. The fraction of sp³-hybridized carbons (Fsp3) is 0.250. The minimum absolute atomic E-state index is 0.102.